The fourth-order valence-corrected chi connectivity index (χ4v) is 1.97. The molecule has 0 radical (unpaired) electrons. The minimum absolute atomic E-state index is 0.0351. The highest BCUT2D eigenvalue weighted by Crippen LogP contribution is 2.19. The minimum Gasteiger partial charge on any atom is -0.352 e. The predicted octanol–water partition coefficient (Wildman–Crippen LogP) is 1.50. The first-order valence-corrected chi connectivity index (χ1v) is 6.15. The maximum Gasteiger partial charge on any atom is 0.253 e. The Morgan fingerprint density at radius 3 is 2.89 bits per heavy atom. The van der Waals surface area contributed by atoms with Crippen molar-refractivity contribution in [1.29, 1.82) is 0 Å². The second-order valence-corrected chi connectivity index (χ2v) is 4.72. The minimum atomic E-state index is -0.0351. The van der Waals surface area contributed by atoms with Gasteiger partial charge in [-0.25, -0.2) is 0 Å². The third kappa shape index (κ3) is 2.38. The van der Waals surface area contributed by atoms with Crippen LogP contribution in [0.4, 0.5) is 0 Å². The Morgan fingerprint density at radius 1 is 1.44 bits per heavy atom. The van der Waals surface area contributed by atoms with E-state index in [9.17, 15) is 4.79 Å². The average Bonchev–Trinajstić information content (AvgIpc) is 2.74. The summed E-state index contributed by atoms with van der Waals surface area (Å²) in [5.41, 5.74) is 7.32. The molecule has 2 rings (SSSR count). The van der Waals surface area contributed by atoms with Gasteiger partial charge in [0.2, 0.25) is 0 Å². The molecule has 4 nitrogen and oxygen atoms in total. The number of carbonyl (C=O) groups excluding carboxylic acids is 1. The topological polar surface area (TPSA) is 60.0 Å². The van der Waals surface area contributed by atoms with Crippen molar-refractivity contribution in [3.8, 4) is 0 Å². The summed E-state index contributed by atoms with van der Waals surface area (Å²) in [6, 6.07) is 7.90. The van der Waals surface area contributed by atoms with Crippen molar-refractivity contribution < 1.29 is 4.79 Å². The summed E-state index contributed by atoms with van der Waals surface area (Å²) in [4.78, 5) is 12.1. The number of hydrogen-bond acceptors (Lipinski definition) is 2. The number of carbonyl (C=O) groups is 1. The van der Waals surface area contributed by atoms with Crippen molar-refractivity contribution in [2.75, 3.05) is 13.1 Å². The number of benzene rings is 1. The summed E-state index contributed by atoms with van der Waals surface area (Å²) in [7, 11) is 1.95. The Hall–Kier alpha value is -1.81. The van der Waals surface area contributed by atoms with Crippen LogP contribution in [0.25, 0.3) is 10.9 Å². The van der Waals surface area contributed by atoms with Crippen LogP contribution in [0.1, 0.15) is 17.3 Å². The molecular formula is C14H19N3O. The monoisotopic (exact) mass is 245 g/mol. The van der Waals surface area contributed by atoms with Gasteiger partial charge in [-0.3, -0.25) is 4.79 Å². The van der Waals surface area contributed by atoms with Crippen LogP contribution in [-0.4, -0.2) is 23.6 Å². The quantitative estimate of drug-likeness (QED) is 0.857. The number of para-hydroxylation sites is 1. The Kier molecular flexibility index (Phi) is 3.67. The van der Waals surface area contributed by atoms with Crippen LogP contribution in [0.3, 0.4) is 0 Å². The summed E-state index contributed by atoms with van der Waals surface area (Å²) >= 11 is 0. The fraction of sp³-hybridized carbons (Fsp3) is 0.357. The molecule has 1 atom stereocenters. The van der Waals surface area contributed by atoms with Gasteiger partial charge in [-0.05, 0) is 18.5 Å². The van der Waals surface area contributed by atoms with Crippen LogP contribution in [0.15, 0.2) is 30.5 Å². The number of aryl methyl sites for hydroxylation is 1. The van der Waals surface area contributed by atoms with Crippen LogP contribution in [0, 0.1) is 5.92 Å². The highest BCUT2D eigenvalue weighted by atomic mass is 16.1. The lowest BCUT2D eigenvalue weighted by atomic mass is 10.1. The van der Waals surface area contributed by atoms with Crippen molar-refractivity contribution in [3.63, 3.8) is 0 Å². The Morgan fingerprint density at radius 2 is 2.17 bits per heavy atom. The second-order valence-electron chi connectivity index (χ2n) is 4.72. The molecule has 18 heavy (non-hydrogen) atoms. The van der Waals surface area contributed by atoms with Gasteiger partial charge in [-0.2, -0.15) is 0 Å². The molecule has 4 heteroatoms. The number of nitrogens with zero attached hydrogens (tertiary/aromatic N) is 1. The van der Waals surface area contributed by atoms with Crippen LogP contribution in [-0.2, 0) is 7.05 Å². The molecule has 3 N–H and O–H groups in total. The van der Waals surface area contributed by atoms with Gasteiger partial charge in [0.15, 0.2) is 0 Å². The average molecular weight is 245 g/mol. The molecule has 0 fully saturated rings. The SMILES string of the molecule is CC(CN)CNC(=O)c1cn(C)c2ccccc12. The Balaban J connectivity index is 2.23. The van der Waals surface area contributed by atoms with E-state index >= 15 is 0 Å². The maximum absolute atomic E-state index is 12.1. The zero-order valence-electron chi connectivity index (χ0n) is 10.8. The number of hydrogen-bond donors (Lipinski definition) is 2. The van der Waals surface area contributed by atoms with E-state index in [2.05, 4.69) is 5.32 Å². The van der Waals surface area contributed by atoms with Crippen molar-refractivity contribution in [2.24, 2.45) is 18.7 Å². The van der Waals surface area contributed by atoms with Crippen LogP contribution in [0.2, 0.25) is 0 Å². The first-order valence-electron chi connectivity index (χ1n) is 6.15. The van der Waals surface area contributed by atoms with Gasteiger partial charge in [0, 0.05) is 30.7 Å². The number of nitrogens with one attached hydrogen (secondary N) is 1. The fourth-order valence-electron chi connectivity index (χ4n) is 1.97. The normalized spacial score (nSPS) is 12.6. The van der Waals surface area contributed by atoms with Gasteiger partial charge in [0.25, 0.3) is 5.91 Å². The molecule has 0 aliphatic heterocycles. The third-order valence-corrected chi connectivity index (χ3v) is 3.16. The lowest BCUT2D eigenvalue weighted by Gasteiger charge is -2.09. The van der Waals surface area contributed by atoms with E-state index in [0.29, 0.717) is 19.0 Å². The van der Waals surface area contributed by atoms with Crippen molar-refractivity contribution >= 4 is 16.8 Å². The molecule has 0 spiro atoms. The lowest BCUT2D eigenvalue weighted by Crippen LogP contribution is -2.31. The van der Waals surface area contributed by atoms with Crippen LogP contribution in [0.5, 0.6) is 0 Å². The van der Waals surface area contributed by atoms with E-state index in [4.69, 9.17) is 5.73 Å². The van der Waals surface area contributed by atoms with Gasteiger partial charge in [0.05, 0.1) is 5.56 Å². The van der Waals surface area contributed by atoms with Gasteiger partial charge in [-0.15, -0.1) is 0 Å². The smallest absolute Gasteiger partial charge is 0.253 e. The standard InChI is InChI=1S/C14H19N3O/c1-10(7-15)8-16-14(18)12-9-17(2)13-6-4-3-5-11(12)13/h3-6,9-10H,7-8,15H2,1-2H3,(H,16,18). The van der Waals surface area contributed by atoms with E-state index in [1.54, 1.807) is 0 Å². The molecule has 0 bridgehead atoms. The van der Waals surface area contributed by atoms with Crippen molar-refractivity contribution in [3.05, 3.63) is 36.0 Å². The molecule has 1 unspecified atom stereocenters. The predicted molar refractivity (Wildman–Crippen MR) is 73.5 cm³/mol. The molecule has 0 aliphatic rings. The Bertz CT molecular complexity index is 559. The summed E-state index contributed by atoms with van der Waals surface area (Å²) in [6.07, 6.45) is 1.87. The number of nitrogens with two attached hydrogens (primary N) is 1. The summed E-state index contributed by atoms with van der Waals surface area (Å²) in [6.45, 7) is 3.21. The van der Waals surface area contributed by atoms with E-state index < -0.39 is 0 Å². The number of amides is 1. The van der Waals surface area contributed by atoms with E-state index in [1.807, 2.05) is 49.0 Å². The summed E-state index contributed by atoms with van der Waals surface area (Å²) < 4.78 is 1.97. The molecule has 0 saturated heterocycles. The number of rotatable bonds is 4. The molecule has 0 saturated carbocycles. The Labute approximate surface area is 107 Å². The van der Waals surface area contributed by atoms with Gasteiger partial charge in [-0.1, -0.05) is 25.1 Å². The van der Waals surface area contributed by atoms with Crippen LogP contribution < -0.4 is 11.1 Å². The molecular weight excluding hydrogens is 226 g/mol. The number of aromatic nitrogens is 1. The number of fused-ring (bicyclic) bond motifs is 1. The molecule has 1 heterocycles. The molecule has 1 aromatic heterocycles. The lowest BCUT2D eigenvalue weighted by molar-refractivity contribution is 0.0950. The molecule has 96 valence electrons. The molecule has 1 amide bonds. The highest BCUT2D eigenvalue weighted by Gasteiger charge is 2.13. The maximum atomic E-state index is 12.1. The third-order valence-electron chi connectivity index (χ3n) is 3.16. The van der Waals surface area contributed by atoms with Crippen LogP contribution >= 0.6 is 0 Å². The second kappa shape index (κ2) is 5.23. The highest BCUT2D eigenvalue weighted by molar-refractivity contribution is 6.06. The molecule has 0 aliphatic carbocycles. The van der Waals surface area contributed by atoms with E-state index in [1.165, 1.54) is 0 Å². The van der Waals surface area contributed by atoms with Crippen molar-refractivity contribution in [2.45, 2.75) is 6.92 Å². The summed E-state index contributed by atoms with van der Waals surface area (Å²) in [5, 5.41) is 3.91. The van der Waals surface area contributed by atoms with Crippen molar-refractivity contribution in [1.82, 2.24) is 9.88 Å². The first kappa shape index (κ1) is 12.6. The first-order chi connectivity index (χ1) is 8.63. The zero-order valence-corrected chi connectivity index (χ0v) is 10.8. The van der Waals surface area contributed by atoms with E-state index in [0.717, 1.165) is 16.5 Å². The largest absolute Gasteiger partial charge is 0.352 e. The van der Waals surface area contributed by atoms with Gasteiger partial charge >= 0.3 is 0 Å². The summed E-state index contributed by atoms with van der Waals surface area (Å²) in [5.74, 6) is 0.260. The van der Waals surface area contributed by atoms with Gasteiger partial charge in [0.1, 0.15) is 0 Å². The van der Waals surface area contributed by atoms with E-state index in [-0.39, 0.29) is 5.91 Å². The zero-order chi connectivity index (χ0) is 13.1. The van der Waals surface area contributed by atoms with Gasteiger partial charge < -0.3 is 15.6 Å². The molecule has 2 aromatic rings. The molecule has 1 aromatic carbocycles.